The lowest BCUT2D eigenvalue weighted by atomic mass is 10.5. The summed E-state index contributed by atoms with van der Waals surface area (Å²) in [4.78, 5) is 28.4. The number of H-pyrrole nitrogens is 1. The third-order valence-electron chi connectivity index (χ3n) is 1.82. The van der Waals surface area contributed by atoms with Gasteiger partial charge in [-0.2, -0.15) is 4.39 Å². The first-order chi connectivity index (χ1) is 7.56. The zero-order valence-electron chi connectivity index (χ0n) is 7.74. The molecule has 0 saturated heterocycles. The molecule has 0 saturated carbocycles. The Morgan fingerprint density at radius 2 is 2.31 bits per heavy atom. The molecule has 0 bridgehead atoms. The summed E-state index contributed by atoms with van der Waals surface area (Å²) in [7, 11) is 0. The van der Waals surface area contributed by atoms with E-state index in [1.165, 1.54) is 17.5 Å². The van der Waals surface area contributed by atoms with Gasteiger partial charge in [0.25, 0.3) is 5.56 Å². The number of aromatic nitrogens is 3. The molecule has 0 amide bonds. The van der Waals surface area contributed by atoms with E-state index in [2.05, 4.69) is 4.98 Å². The highest BCUT2D eigenvalue weighted by Gasteiger charge is 2.06. The molecule has 2 rings (SSSR count). The van der Waals surface area contributed by atoms with Gasteiger partial charge in [-0.15, -0.1) is 11.3 Å². The summed E-state index contributed by atoms with van der Waals surface area (Å²) < 4.78 is 14.3. The Kier molecular flexibility index (Phi) is 2.88. The van der Waals surface area contributed by atoms with Crippen molar-refractivity contribution in [1.29, 1.82) is 0 Å². The largest absolute Gasteiger partial charge is 0.328 e. The first kappa shape index (κ1) is 11.0. The van der Waals surface area contributed by atoms with Crippen LogP contribution in [0, 0.1) is 5.82 Å². The average Bonchev–Trinajstić information content (AvgIpc) is 2.60. The summed E-state index contributed by atoms with van der Waals surface area (Å²) in [6, 6.07) is 0. The van der Waals surface area contributed by atoms with Crippen molar-refractivity contribution >= 4 is 22.9 Å². The number of halogens is 2. The van der Waals surface area contributed by atoms with Crippen molar-refractivity contribution in [3.05, 3.63) is 48.4 Å². The minimum atomic E-state index is -1.02. The van der Waals surface area contributed by atoms with E-state index in [9.17, 15) is 14.0 Å². The van der Waals surface area contributed by atoms with Crippen LogP contribution in [0.4, 0.5) is 4.39 Å². The van der Waals surface area contributed by atoms with Crippen LogP contribution >= 0.6 is 22.9 Å². The lowest BCUT2D eigenvalue weighted by molar-refractivity contribution is 0.567. The molecule has 0 aliphatic heterocycles. The third kappa shape index (κ3) is 2.20. The summed E-state index contributed by atoms with van der Waals surface area (Å²) in [5, 5.41) is 0. The van der Waals surface area contributed by atoms with Gasteiger partial charge in [-0.05, 0) is 0 Å². The Morgan fingerprint density at radius 1 is 1.56 bits per heavy atom. The van der Waals surface area contributed by atoms with Crippen molar-refractivity contribution < 1.29 is 4.39 Å². The van der Waals surface area contributed by atoms with Crippen LogP contribution in [0.2, 0.25) is 4.47 Å². The molecule has 0 fully saturated rings. The quantitative estimate of drug-likeness (QED) is 0.871. The average molecular weight is 262 g/mol. The van der Waals surface area contributed by atoms with Crippen molar-refractivity contribution in [2.45, 2.75) is 6.54 Å². The number of rotatable bonds is 2. The molecule has 0 spiro atoms. The van der Waals surface area contributed by atoms with Crippen molar-refractivity contribution in [3.63, 3.8) is 0 Å². The van der Waals surface area contributed by atoms with E-state index >= 15 is 0 Å². The molecule has 0 radical (unpaired) electrons. The van der Waals surface area contributed by atoms with Crippen molar-refractivity contribution in [2.24, 2.45) is 0 Å². The fourth-order valence-electron chi connectivity index (χ4n) is 1.12. The molecule has 8 heteroatoms. The number of hydrogen-bond donors (Lipinski definition) is 1. The standard InChI is InChI=1S/C8H5ClFN3O2S/c9-7-11-1-4(16-7)2-13-3-5(10)6(14)12-8(13)15/h1,3H,2H2,(H,12,14,15). The van der Waals surface area contributed by atoms with Gasteiger partial charge in [0.2, 0.25) is 5.82 Å². The fraction of sp³-hybridized carbons (Fsp3) is 0.125. The van der Waals surface area contributed by atoms with Gasteiger partial charge < -0.3 is 0 Å². The maximum atomic E-state index is 12.9. The van der Waals surface area contributed by atoms with E-state index in [1.54, 1.807) is 0 Å². The van der Waals surface area contributed by atoms with E-state index < -0.39 is 17.1 Å². The SMILES string of the molecule is O=c1[nH]c(=O)n(Cc2cnc(Cl)s2)cc1F. The molecule has 0 atom stereocenters. The predicted molar refractivity (Wildman–Crippen MR) is 57.5 cm³/mol. The normalized spacial score (nSPS) is 10.6. The highest BCUT2D eigenvalue weighted by molar-refractivity contribution is 7.15. The fourth-order valence-corrected chi connectivity index (χ4v) is 2.10. The van der Waals surface area contributed by atoms with E-state index in [1.807, 2.05) is 4.98 Å². The van der Waals surface area contributed by atoms with Gasteiger partial charge in [0.15, 0.2) is 4.47 Å². The topological polar surface area (TPSA) is 67.8 Å². The Balaban J connectivity index is 2.39. The summed E-state index contributed by atoms with van der Waals surface area (Å²) in [6.45, 7) is 0.122. The second-order valence-electron chi connectivity index (χ2n) is 2.94. The number of nitrogens with one attached hydrogen (secondary N) is 1. The molecule has 16 heavy (non-hydrogen) atoms. The summed E-state index contributed by atoms with van der Waals surface area (Å²) >= 11 is 6.79. The minimum absolute atomic E-state index is 0.122. The van der Waals surface area contributed by atoms with Gasteiger partial charge >= 0.3 is 5.69 Å². The molecule has 2 heterocycles. The smallest absolute Gasteiger partial charge is 0.292 e. The van der Waals surface area contributed by atoms with Gasteiger partial charge in [0.05, 0.1) is 12.7 Å². The van der Waals surface area contributed by atoms with Crippen molar-refractivity contribution in [1.82, 2.24) is 14.5 Å². The zero-order valence-corrected chi connectivity index (χ0v) is 9.31. The number of nitrogens with zero attached hydrogens (tertiary/aromatic N) is 2. The number of thiazole rings is 1. The Morgan fingerprint density at radius 3 is 2.94 bits per heavy atom. The van der Waals surface area contributed by atoms with Crippen LogP contribution in [0.5, 0.6) is 0 Å². The molecular weight excluding hydrogens is 257 g/mol. The number of aromatic amines is 1. The van der Waals surface area contributed by atoms with Crippen LogP contribution in [0.25, 0.3) is 0 Å². The lowest BCUT2D eigenvalue weighted by Gasteiger charge is -2.01. The molecular formula is C8H5ClFN3O2S. The Bertz CT molecular complexity index is 633. The van der Waals surface area contributed by atoms with E-state index in [0.717, 1.165) is 10.8 Å². The lowest BCUT2D eigenvalue weighted by Crippen LogP contribution is -2.31. The Hall–Kier alpha value is -1.47. The van der Waals surface area contributed by atoms with Gasteiger partial charge in [-0.3, -0.25) is 14.3 Å². The third-order valence-corrected chi connectivity index (χ3v) is 2.92. The summed E-state index contributed by atoms with van der Waals surface area (Å²) in [5.74, 6) is -1.00. The summed E-state index contributed by atoms with van der Waals surface area (Å²) in [5.41, 5.74) is -1.69. The molecule has 0 unspecified atom stereocenters. The molecule has 5 nitrogen and oxygen atoms in total. The molecule has 0 aliphatic carbocycles. The van der Waals surface area contributed by atoms with E-state index in [0.29, 0.717) is 9.34 Å². The molecule has 2 aromatic heterocycles. The monoisotopic (exact) mass is 261 g/mol. The van der Waals surface area contributed by atoms with Crippen LogP contribution in [0.15, 0.2) is 22.0 Å². The minimum Gasteiger partial charge on any atom is -0.292 e. The van der Waals surface area contributed by atoms with E-state index in [4.69, 9.17) is 11.6 Å². The Labute approximate surface area is 97.2 Å². The van der Waals surface area contributed by atoms with Crippen LogP contribution < -0.4 is 11.2 Å². The first-order valence-corrected chi connectivity index (χ1v) is 5.35. The van der Waals surface area contributed by atoms with Crippen LogP contribution in [-0.4, -0.2) is 14.5 Å². The van der Waals surface area contributed by atoms with Crippen LogP contribution in [0.3, 0.4) is 0 Å². The van der Waals surface area contributed by atoms with Gasteiger partial charge in [-0.1, -0.05) is 11.6 Å². The van der Waals surface area contributed by atoms with Gasteiger partial charge in [0, 0.05) is 11.1 Å². The van der Waals surface area contributed by atoms with Gasteiger partial charge in [0.1, 0.15) is 0 Å². The maximum absolute atomic E-state index is 12.9. The molecule has 1 N–H and O–H groups in total. The maximum Gasteiger partial charge on any atom is 0.328 e. The summed E-state index contributed by atoms with van der Waals surface area (Å²) in [6.07, 6.45) is 2.34. The number of hydrogen-bond acceptors (Lipinski definition) is 4. The second kappa shape index (κ2) is 4.18. The van der Waals surface area contributed by atoms with Crippen LogP contribution in [-0.2, 0) is 6.54 Å². The first-order valence-electron chi connectivity index (χ1n) is 4.16. The molecule has 84 valence electrons. The van der Waals surface area contributed by atoms with E-state index in [-0.39, 0.29) is 6.54 Å². The molecule has 0 aromatic carbocycles. The van der Waals surface area contributed by atoms with Crippen molar-refractivity contribution in [2.75, 3.05) is 0 Å². The second-order valence-corrected chi connectivity index (χ2v) is 4.64. The zero-order chi connectivity index (χ0) is 11.7. The molecule has 2 aromatic rings. The molecule has 0 aliphatic rings. The van der Waals surface area contributed by atoms with Crippen molar-refractivity contribution in [3.8, 4) is 0 Å². The highest BCUT2D eigenvalue weighted by atomic mass is 35.5. The van der Waals surface area contributed by atoms with Crippen LogP contribution in [0.1, 0.15) is 4.88 Å². The predicted octanol–water partition coefficient (Wildman–Crippen LogP) is 0.834. The van der Waals surface area contributed by atoms with Gasteiger partial charge in [-0.25, -0.2) is 9.78 Å². The highest BCUT2D eigenvalue weighted by Crippen LogP contribution is 2.17.